The van der Waals surface area contributed by atoms with Crippen molar-refractivity contribution < 1.29 is 9.53 Å². The molecule has 110 valence electrons. The number of hydrogen-bond acceptors (Lipinski definition) is 2. The summed E-state index contributed by atoms with van der Waals surface area (Å²) >= 11 is 3.56. The zero-order valence-electron chi connectivity index (χ0n) is 12.2. The predicted molar refractivity (Wildman–Crippen MR) is 87.6 cm³/mol. The van der Waals surface area contributed by atoms with E-state index in [0.717, 1.165) is 22.2 Å². The summed E-state index contributed by atoms with van der Waals surface area (Å²) in [6.07, 6.45) is 8.08. The summed E-state index contributed by atoms with van der Waals surface area (Å²) in [4.78, 5) is 14.1. The van der Waals surface area contributed by atoms with E-state index in [0.29, 0.717) is 12.3 Å². The highest BCUT2D eigenvalue weighted by Crippen LogP contribution is 2.34. The highest BCUT2D eigenvalue weighted by Gasteiger charge is 2.27. The minimum Gasteiger partial charge on any atom is -0.481 e. The molecule has 0 saturated carbocycles. The van der Waals surface area contributed by atoms with E-state index in [2.05, 4.69) is 27.9 Å². The summed E-state index contributed by atoms with van der Waals surface area (Å²) in [6, 6.07) is 5.70. The Morgan fingerprint density at radius 2 is 2.29 bits per heavy atom. The average Bonchev–Trinajstić information content (AvgIpc) is 2.48. The number of amides is 1. The van der Waals surface area contributed by atoms with Crippen molar-refractivity contribution in [2.45, 2.75) is 20.3 Å². The van der Waals surface area contributed by atoms with Gasteiger partial charge in [-0.3, -0.25) is 4.79 Å². The molecule has 2 rings (SSSR count). The summed E-state index contributed by atoms with van der Waals surface area (Å²) in [7, 11) is 0. The molecule has 1 aliphatic heterocycles. The fourth-order valence-electron chi connectivity index (χ4n) is 2.38. The van der Waals surface area contributed by atoms with Crippen molar-refractivity contribution in [1.82, 2.24) is 4.90 Å². The van der Waals surface area contributed by atoms with Gasteiger partial charge in [0.2, 0.25) is 5.91 Å². The number of terminal acetylenes is 1. The standard InChI is InChI=1S/C17H18BrNO2/c1-4-10-21-13-7-8-14(15(18)11-13)16-9-6-12(3)17(20)19(16)5-2/h1,7-9,11-12H,5-6,10H2,2-3H3. The van der Waals surface area contributed by atoms with Crippen molar-refractivity contribution in [3.05, 3.63) is 34.3 Å². The fraction of sp³-hybridized carbons (Fsp3) is 0.353. The Bertz CT molecular complexity index is 616. The lowest BCUT2D eigenvalue weighted by molar-refractivity contribution is -0.131. The van der Waals surface area contributed by atoms with Crippen LogP contribution < -0.4 is 4.74 Å². The van der Waals surface area contributed by atoms with Crippen molar-refractivity contribution in [2.75, 3.05) is 13.2 Å². The van der Waals surface area contributed by atoms with Crippen molar-refractivity contribution in [3.63, 3.8) is 0 Å². The number of benzene rings is 1. The number of allylic oxidation sites excluding steroid dienone is 1. The van der Waals surface area contributed by atoms with Crippen molar-refractivity contribution in [2.24, 2.45) is 5.92 Å². The van der Waals surface area contributed by atoms with Gasteiger partial charge in [0, 0.05) is 28.2 Å². The normalized spacial score (nSPS) is 18.2. The molecule has 0 aromatic heterocycles. The van der Waals surface area contributed by atoms with Crippen molar-refractivity contribution >= 4 is 27.5 Å². The van der Waals surface area contributed by atoms with Gasteiger partial charge in [-0.25, -0.2) is 0 Å². The van der Waals surface area contributed by atoms with Crippen LogP contribution in [-0.4, -0.2) is 24.0 Å². The molecule has 1 amide bonds. The molecule has 1 unspecified atom stereocenters. The molecule has 1 aromatic carbocycles. The maximum absolute atomic E-state index is 12.3. The van der Waals surface area contributed by atoms with Crippen molar-refractivity contribution in [1.29, 1.82) is 0 Å². The topological polar surface area (TPSA) is 29.5 Å². The first-order chi connectivity index (χ1) is 10.1. The molecule has 4 heteroatoms. The fourth-order valence-corrected chi connectivity index (χ4v) is 2.94. The molecule has 3 nitrogen and oxygen atoms in total. The van der Waals surface area contributed by atoms with E-state index in [9.17, 15) is 4.79 Å². The number of ether oxygens (including phenoxy) is 1. The van der Waals surface area contributed by atoms with E-state index in [1.807, 2.05) is 36.9 Å². The second kappa shape index (κ2) is 6.82. The van der Waals surface area contributed by atoms with Crippen LogP contribution >= 0.6 is 15.9 Å². The Morgan fingerprint density at radius 3 is 2.90 bits per heavy atom. The Hall–Kier alpha value is -1.73. The Morgan fingerprint density at radius 1 is 1.52 bits per heavy atom. The number of rotatable bonds is 4. The van der Waals surface area contributed by atoms with E-state index in [-0.39, 0.29) is 18.4 Å². The van der Waals surface area contributed by atoms with Gasteiger partial charge in [-0.1, -0.05) is 18.9 Å². The SMILES string of the molecule is C#CCOc1ccc(C2=CCC(C)C(=O)N2CC)c(Br)c1. The molecule has 0 N–H and O–H groups in total. The van der Waals surface area contributed by atoms with E-state index in [1.165, 1.54) is 0 Å². The third-order valence-electron chi connectivity index (χ3n) is 3.50. The van der Waals surface area contributed by atoms with E-state index in [4.69, 9.17) is 11.2 Å². The highest BCUT2D eigenvalue weighted by atomic mass is 79.9. The summed E-state index contributed by atoms with van der Waals surface area (Å²) in [5.74, 6) is 3.37. The lowest BCUT2D eigenvalue weighted by Gasteiger charge is -2.31. The van der Waals surface area contributed by atoms with Gasteiger partial charge >= 0.3 is 0 Å². The second-order valence-corrected chi connectivity index (χ2v) is 5.80. The number of hydrogen-bond donors (Lipinski definition) is 0. The molecule has 0 aliphatic carbocycles. The molecule has 1 heterocycles. The zero-order chi connectivity index (χ0) is 15.4. The maximum atomic E-state index is 12.3. The summed E-state index contributed by atoms with van der Waals surface area (Å²) in [6.45, 7) is 4.86. The summed E-state index contributed by atoms with van der Waals surface area (Å²) < 4.78 is 6.30. The molecule has 1 aliphatic rings. The number of carbonyl (C=O) groups is 1. The highest BCUT2D eigenvalue weighted by molar-refractivity contribution is 9.10. The van der Waals surface area contributed by atoms with E-state index < -0.39 is 0 Å². The quantitative estimate of drug-likeness (QED) is 0.777. The Balaban J connectivity index is 2.33. The van der Waals surface area contributed by atoms with Crippen LogP contribution in [0.2, 0.25) is 0 Å². The number of nitrogens with zero attached hydrogens (tertiary/aromatic N) is 1. The lowest BCUT2D eigenvalue weighted by atomic mass is 9.97. The minimum absolute atomic E-state index is 0.0470. The second-order valence-electron chi connectivity index (χ2n) is 4.94. The predicted octanol–water partition coefficient (Wildman–Crippen LogP) is 3.69. The maximum Gasteiger partial charge on any atom is 0.230 e. The van der Waals surface area contributed by atoms with Gasteiger partial charge in [-0.2, -0.15) is 0 Å². The first-order valence-corrected chi connectivity index (χ1v) is 7.75. The molecular formula is C17H18BrNO2. The summed E-state index contributed by atoms with van der Waals surface area (Å²) in [5, 5.41) is 0. The van der Waals surface area contributed by atoms with Gasteiger partial charge in [0.25, 0.3) is 0 Å². The average molecular weight is 348 g/mol. The number of carbonyl (C=O) groups excluding carboxylic acids is 1. The first kappa shape index (κ1) is 15.7. The third-order valence-corrected chi connectivity index (χ3v) is 4.15. The lowest BCUT2D eigenvalue weighted by Crippen LogP contribution is -2.36. The first-order valence-electron chi connectivity index (χ1n) is 6.96. The molecule has 0 bridgehead atoms. The van der Waals surface area contributed by atoms with Crippen LogP contribution in [0.1, 0.15) is 25.8 Å². The zero-order valence-corrected chi connectivity index (χ0v) is 13.8. The smallest absolute Gasteiger partial charge is 0.230 e. The van der Waals surface area contributed by atoms with Gasteiger partial charge < -0.3 is 9.64 Å². The third kappa shape index (κ3) is 3.30. The van der Waals surface area contributed by atoms with Crippen LogP contribution in [0, 0.1) is 18.3 Å². The van der Waals surface area contributed by atoms with E-state index >= 15 is 0 Å². The van der Waals surface area contributed by atoms with Gasteiger partial charge in [0.15, 0.2) is 0 Å². The van der Waals surface area contributed by atoms with Crippen LogP contribution in [-0.2, 0) is 4.79 Å². The van der Waals surface area contributed by atoms with E-state index in [1.54, 1.807) is 0 Å². The van der Waals surface area contributed by atoms with Gasteiger partial charge in [-0.15, -0.1) is 6.42 Å². The molecule has 1 atom stereocenters. The van der Waals surface area contributed by atoms with Crippen LogP contribution in [0.3, 0.4) is 0 Å². The molecular weight excluding hydrogens is 330 g/mol. The Labute approximate surface area is 134 Å². The van der Waals surface area contributed by atoms with Gasteiger partial charge in [0.1, 0.15) is 12.4 Å². The molecule has 0 saturated heterocycles. The monoisotopic (exact) mass is 347 g/mol. The van der Waals surface area contributed by atoms with Crippen LogP contribution in [0.25, 0.3) is 5.70 Å². The molecule has 0 spiro atoms. The van der Waals surface area contributed by atoms with Gasteiger partial charge in [-0.05, 0) is 47.5 Å². The molecule has 0 radical (unpaired) electrons. The number of halogens is 1. The van der Waals surface area contributed by atoms with Crippen LogP contribution in [0.4, 0.5) is 0 Å². The Kier molecular flexibility index (Phi) is 5.08. The molecule has 0 fully saturated rings. The van der Waals surface area contributed by atoms with Crippen LogP contribution in [0.15, 0.2) is 28.7 Å². The van der Waals surface area contributed by atoms with Crippen LogP contribution in [0.5, 0.6) is 5.75 Å². The van der Waals surface area contributed by atoms with Crippen molar-refractivity contribution in [3.8, 4) is 18.1 Å². The summed E-state index contributed by atoms with van der Waals surface area (Å²) in [5.41, 5.74) is 1.95. The molecule has 1 aromatic rings. The molecule has 21 heavy (non-hydrogen) atoms. The van der Waals surface area contributed by atoms with Gasteiger partial charge in [0.05, 0.1) is 0 Å². The largest absolute Gasteiger partial charge is 0.481 e. The minimum atomic E-state index is 0.0470.